The van der Waals surface area contributed by atoms with Gasteiger partial charge in [0.1, 0.15) is 5.82 Å². The van der Waals surface area contributed by atoms with Crippen LogP contribution in [-0.4, -0.2) is 18.0 Å². The van der Waals surface area contributed by atoms with Crippen molar-refractivity contribution in [3.63, 3.8) is 0 Å². The molecule has 7 nitrogen and oxygen atoms in total. The third kappa shape index (κ3) is 8.56. The van der Waals surface area contributed by atoms with Gasteiger partial charge in [-0.15, -0.1) is 0 Å². The minimum absolute atomic E-state index is 0.194. The lowest BCUT2D eigenvalue weighted by molar-refractivity contribution is 1.08. The molecule has 0 aliphatic carbocycles. The number of aromatic nitrogens is 1. The van der Waals surface area contributed by atoms with Gasteiger partial charge in [0.15, 0.2) is 0 Å². The number of fused-ring (bicyclic) bond motifs is 10. The second-order valence-corrected chi connectivity index (χ2v) is 24.8. The number of hydrogen-bond donors (Lipinski definition) is 0. The summed E-state index contributed by atoms with van der Waals surface area (Å²) in [6.07, 6.45) is 0. The van der Waals surface area contributed by atoms with Crippen molar-refractivity contribution in [2.45, 2.75) is 0 Å². The molecule has 15 aromatic rings. The monoisotopic (exact) mass is 1210 g/mol. The van der Waals surface area contributed by atoms with Crippen molar-refractivity contribution in [1.82, 2.24) is 4.57 Å². The molecule has 0 N–H and O–H groups in total. The van der Waals surface area contributed by atoms with Crippen molar-refractivity contribution in [1.29, 1.82) is 0 Å². The number of rotatable bonds is 11. The van der Waals surface area contributed by atoms with E-state index in [2.05, 4.69) is 392 Å². The fraction of sp³-hybridized carbons (Fsp3) is 0. The lowest BCUT2D eigenvalue weighted by atomic mass is 9.30. The molecule has 5 heterocycles. The van der Waals surface area contributed by atoms with E-state index in [1.165, 1.54) is 38.2 Å². The maximum Gasteiger partial charge on any atom is 0.255 e. The van der Waals surface area contributed by atoms with Gasteiger partial charge in [0.25, 0.3) is 13.4 Å². The first kappa shape index (κ1) is 54.3. The Morgan fingerprint density at radius 1 is 0.211 bits per heavy atom. The summed E-state index contributed by atoms with van der Waals surface area (Å²) < 4.78 is 2.53. The zero-order valence-corrected chi connectivity index (χ0v) is 51.8. The lowest BCUT2D eigenvalue weighted by Gasteiger charge is -2.47. The van der Waals surface area contributed by atoms with Gasteiger partial charge in [0.05, 0.1) is 16.9 Å². The summed E-state index contributed by atoms with van der Waals surface area (Å²) in [6, 6.07) is 132. The van der Waals surface area contributed by atoms with Gasteiger partial charge < -0.3 is 24.5 Å². The Hall–Kier alpha value is -12.5. The molecule has 4 aliphatic rings. The highest BCUT2D eigenvalue weighted by atomic mass is 15.3. The van der Waals surface area contributed by atoms with Gasteiger partial charge in [0, 0.05) is 91.0 Å². The Bertz CT molecular complexity index is 5320. The molecule has 0 bridgehead atoms. The van der Waals surface area contributed by atoms with Gasteiger partial charge in [-0.25, -0.2) is 0 Å². The van der Waals surface area contributed by atoms with Gasteiger partial charge in [-0.3, -0.25) is 9.47 Å². The fourth-order valence-corrected chi connectivity index (χ4v) is 15.8. The van der Waals surface area contributed by atoms with E-state index >= 15 is 0 Å². The molecule has 0 unspecified atom stereocenters. The van der Waals surface area contributed by atoms with Crippen LogP contribution in [0, 0.1) is 0 Å². The van der Waals surface area contributed by atoms with Gasteiger partial charge >= 0.3 is 0 Å². The van der Waals surface area contributed by atoms with Crippen LogP contribution in [0.1, 0.15) is 0 Å². The standard InChI is InChI=1S/C86H59B2N7/c1-10-32-60(33-11-1)89(61-34-12-2-13-35-61)69-54-79-84-80(55-69)92(65-42-20-6-21-43-65)77-59-78-74(58-73(77)87(84)72-51-29-31-53-76(72)91(79)64-40-18-5-19-41-64)88-83-71-50-28-30-52-75(71)94(67-46-24-8-25-47-67)86(83)95(68-48-26-9-27-49-68)82-57-70(56-81(85(82)88)93(78)66-44-22-7-23-45-66)90(62-36-14-3-15-37-62)63-38-16-4-17-39-63/h1-59H. The Kier molecular flexibility index (Phi) is 12.7. The van der Waals surface area contributed by atoms with Crippen molar-refractivity contribution < 1.29 is 0 Å². The largest absolute Gasteiger partial charge is 0.311 e. The average molecular weight is 1210 g/mol. The second-order valence-electron chi connectivity index (χ2n) is 24.8. The maximum absolute atomic E-state index is 2.65. The summed E-state index contributed by atoms with van der Waals surface area (Å²) in [7, 11) is 0. The SMILES string of the molecule is c1ccc(N(c2ccccc2)c2cc3c4c(c2)N(c2ccccc2)c2cc5c(cc2B4c2ccccc2N3c2ccccc2)B2c3c(cc(N(c4ccccc4)c4ccccc4)cc3N(c3ccccc3)c3c2c2ccccc2n3-c2ccccc2)N5c2ccccc2)cc1. The molecule has 0 spiro atoms. The predicted octanol–water partition coefficient (Wildman–Crippen LogP) is 18.7. The zero-order chi connectivity index (χ0) is 62.5. The summed E-state index contributed by atoms with van der Waals surface area (Å²) >= 11 is 0. The van der Waals surface area contributed by atoms with E-state index in [1.54, 1.807) is 0 Å². The maximum atomic E-state index is 2.65. The van der Waals surface area contributed by atoms with E-state index in [0.29, 0.717) is 0 Å². The topological polar surface area (TPSA) is 24.4 Å². The quantitative estimate of drug-likeness (QED) is 0.120. The van der Waals surface area contributed by atoms with E-state index in [1.807, 2.05) is 0 Å². The number of para-hydroxylation sites is 11. The van der Waals surface area contributed by atoms with E-state index in [4.69, 9.17) is 0 Å². The van der Waals surface area contributed by atoms with Crippen molar-refractivity contribution in [3.05, 3.63) is 358 Å². The Balaban J connectivity index is 0.970. The van der Waals surface area contributed by atoms with Crippen molar-refractivity contribution >= 4 is 160 Å². The smallest absolute Gasteiger partial charge is 0.255 e. The van der Waals surface area contributed by atoms with Gasteiger partial charge in [-0.2, -0.15) is 0 Å². The van der Waals surface area contributed by atoms with E-state index in [9.17, 15) is 0 Å². The molecule has 0 atom stereocenters. The summed E-state index contributed by atoms with van der Waals surface area (Å²) in [6.45, 7) is -0.458. The first-order valence-corrected chi connectivity index (χ1v) is 32.7. The van der Waals surface area contributed by atoms with Crippen LogP contribution < -0.4 is 62.2 Å². The molecular weight excluding hydrogens is 1150 g/mol. The zero-order valence-electron chi connectivity index (χ0n) is 51.8. The van der Waals surface area contributed by atoms with Crippen LogP contribution >= 0.6 is 0 Å². The third-order valence-corrected chi connectivity index (χ3v) is 19.6. The summed E-state index contributed by atoms with van der Waals surface area (Å²) in [5, 5.41) is 1.21. The van der Waals surface area contributed by atoms with Crippen LogP contribution in [0.2, 0.25) is 0 Å². The summed E-state index contributed by atoms with van der Waals surface area (Å²) in [5.41, 5.74) is 28.2. The van der Waals surface area contributed by atoms with Crippen LogP contribution in [0.4, 0.5) is 103 Å². The minimum atomic E-state index is -0.264. The first-order chi connectivity index (χ1) is 47.2. The highest BCUT2D eigenvalue weighted by Crippen LogP contribution is 2.53. The van der Waals surface area contributed by atoms with Crippen LogP contribution in [-0.2, 0) is 0 Å². The van der Waals surface area contributed by atoms with Crippen molar-refractivity contribution in [2.75, 3.05) is 29.4 Å². The van der Waals surface area contributed by atoms with Crippen LogP contribution in [0.3, 0.4) is 0 Å². The first-order valence-electron chi connectivity index (χ1n) is 32.7. The van der Waals surface area contributed by atoms with Gasteiger partial charge in [0.2, 0.25) is 0 Å². The second kappa shape index (κ2) is 22.2. The molecule has 0 radical (unpaired) electrons. The number of hydrogen-bond acceptors (Lipinski definition) is 6. The molecule has 0 fully saturated rings. The minimum Gasteiger partial charge on any atom is -0.311 e. The Labute approximate surface area is 553 Å². The van der Waals surface area contributed by atoms with Crippen molar-refractivity contribution in [3.8, 4) is 5.69 Å². The highest BCUT2D eigenvalue weighted by molar-refractivity contribution is 7.04. The molecule has 444 valence electrons. The Morgan fingerprint density at radius 2 is 0.537 bits per heavy atom. The fourth-order valence-electron chi connectivity index (χ4n) is 15.8. The molecule has 0 amide bonds. The molecule has 19 rings (SSSR count). The third-order valence-electron chi connectivity index (χ3n) is 19.6. The van der Waals surface area contributed by atoms with Crippen molar-refractivity contribution in [2.24, 2.45) is 0 Å². The van der Waals surface area contributed by atoms with Gasteiger partial charge in [-0.1, -0.05) is 206 Å². The van der Waals surface area contributed by atoms with E-state index in [-0.39, 0.29) is 13.4 Å². The lowest BCUT2D eigenvalue weighted by Crippen LogP contribution is -2.65. The average Bonchev–Trinajstić information content (AvgIpc) is 1.63. The molecule has 95 heavy (non-hydrogen) atoms. The predicted molar refractivity (Wildman–Crippen MR) is 401 cm³/mol. The molecular formula is C86H59B2N7. The van der Waals surface area contributed by atoms with Crippen LogP contribution in [0.5, 0.6) is 0 Å². The highest BCUT2D eigenvalue weighted by Gasteiger charge is 2.50. The number of anilines is 18. The molecule has 0 saturated heterocycles. The number of benzene rings is 14. The van der Waals surface area contributed by atoms with Gasteiger partial charge in [-0.05, 0) is 190 Å². The van der Waals surface area contributed by atoms with E-state index in [0.717, 1.165) is 114 Å². The summed E-state index contributed by atoms with van der Waals surface area (Å²) in [4.78, 5) is 15.1. The molecule has 4 aliphatic heterocycles. The molecule has 1 aromatic heterocycles. The molecule has 0 saturated carbocycles. The molecule has 9 heteroatoms. The van der Waals surface area contributed by atoms with E-state index < -0.39 is 0 Å². The molecule has 14 aromatic carbocycles. The normalized spacial score (nSPS) is 12.9. The Morgan fingerprint density at radius 3 is 0.979 bits per heavy atom. The summed E-state index contributed by atoms with van der Waals surface area (Å²) in [5.74, 6) is 1.11. The van der Waals surface area contributed by atoms with Crippen LogP contribution in [0.25, 0.3) is 16.6 Å². The number of nitrogens with zero attached hydrogens (tertiary/aromatic N) is 7. The van der Waals surface area contributed by atoms with Crippen LogP contribution in [0.15, 0.2) is 358 Å².